The lowest BCUT2D eigenvalue weighted by Gasteiger charge is -2.07. The van der Waals surface area contributed by atoms with Gasteiger partial charge in [-0.1, -0.05) is 0 Å². The zero-order valence-electron chi connectivity index (χ0n) is 13.8. The number of nitrogens with zero attached hydrogens (tertiary/aromatic N) is 2. The van der Waals surface area contributed by atoms with Gasteiger partial charge in [0.15, 0.2) is 11.5 Å². The monoisotopic (exact) mass is 325 g/mol. The number of amides is 1. The fourth-order valence-corrected chi connectivity index (χ4v) is 3.28. The Morgan fingerprint density at radius 1 is 1.25 bits per heavy atom. The number of fused-ring (bicyclic) bond motifs is 1. The summed E-state index contributed by atoms with van der Waals surface area (Å²) in [5.41, 5.74) is 2.19. The van der Waals surface area contributed by atoms with E-state index in [1.807, 2.05) is 13.0 Å². The summed E-state index contributed by atoms with van der Waals surface area (Å²) in [5, 5.41) is 2.79. The molecule has 0 aromatic carbocycles. The molecule has 124 valence electrons. The first-order chi connectivity index (χ1) is 11.5. The summed E-state index contributed by atoms with van der Waals surface area (Å²) in [6.45, 7) is 3.58. The second-order valence-corrected chi connectivity index (χ2v) is 6.58. The van der Waals surface area contributed by atoms with Gasteiger partial charge in [-0.05, 0) is 33.1 Å². The summed E-state index contributed by atoms with van der Waals surface area (Å²) in [4.78, 5) is 33.4. The van der Waals surface area contributed by atoms with E-state index < -0.39 is 0 Å². The predicted molar refractivity (Wildman–Crippen MR) is 87.4 cm³/mol. The van der Waals surface area contributed by atoms with Crippen molar-refractivity contribution in [1.29, 1.82) is 0 Å². The van der Waals surface area contributed by atoms with E-state index in [9.17, 15) is 9.59 Å². The zero-order chi connectivity index (χ0) is 16.8. The lowest BCUT2D eigenvalue weighted by molar-refractivity contribution is 0.0963. The Morgan fingerprint density at radius 2 is 2.04 bits per heavy atom. The average Bonchev–Trinajstić information content (AvgIpc) is 3.31. The molecule has 4 rings (SSSR count). The lowest BCUT2D eigenvalue weighted by atomic mass is 9.94. The number of ketones is 1. The highest BCUT2D eigenvalue weighted by Crippen LogP contribution is 2.39. The lowest BCUT2D eigenvalue weighted by Crippen LogP contribution is -2.15. The Hall–Kier alpha value is -2.50. The molecule has 0 saturated heterocycles. The standard InChI is InChI=1S/C18H19N3O3/c1-9-16-13(22)4-3-5-14(16)24-17(9)18(23)21-15-8-12(11-6-7-11)19-10(2)20-15/h8,11H,3-7H2,1-2H3,(H,19,20,21,23). The predicted octanol–water partition coefficient (Wildman–Crippen LogP) is 3.34. The zero-order valence-corrected chi connectivity index (χ0v) is 13.8. The number of carbonyl (C=O) groups is 2. The molecule has 2 aliphatic carbocycles. The number of Topliss-reactive ketones (excluding diaryl/α,β-unsaturated/α-hetero) is 1. The minimum Gasteiger partial charge on any atom is -0.455 e. The highest BCUT2D eigenvalue weighted by Gasteiger charge is 2.29. The summed E-state index contributed by atoms with van der Waals surface area (Å²) < 4.78 is 5.69. The third-order valence-electron chi connectivity index (χ3n) is 4.61. The number of carbonyl (C=O) groups excluding carboxylic acids is 2. The fraction of sp³-hybridized carbons (Fsp3) is 0.444. The van der Waals surface area contributed by atoms with Crippen molar-refractivity contribution in [3.8, 4) is 0 Å². The third kappa shape index (κ3) is 2.62. The second kappa shape index (κ2) is 5.54. The largest absolute Gasteiger partial charge is 0.455 e. The van der Waals surface area contributed by atoms with Crippen LogP contribution in [0.4, 0.5) is 5.82 Å². The van der Waals surface area contributed by atoms with E-state index >= 15 is 0 Å². The second-order valence-electron chi connectivity index (χ2n) is 6.58. The topological polar surface area (TPSA) is 85.1 Å². The molecule has 2 aromatic rings. The molecule has 0 atom stereocenters. The van der Waals surface area contributed by atoms with Crippen LogP contribution in [0.5, 0.6) is 0 Å². The highest BCUT2D eigenvalue weighted by atomic mass is 16.4. The summed E-state index contributed by atoms with van der Waals surface area (Å²) in [6.07, 6.45) is 4.26. The quantitative estimate of drug-likeness (QED) is 0.935. The smallest absolute Gasteiger partial charge is 0.292 e. The molecule has 0 unspecified atom stereocenters. The van der Waals surface area contributed by atoms with Crippen LogP contribution in [-0.2, 0) is 6.42 Å². The molecule has 2 aliphatic rings. The van der Waals surface area contributed by atoms with Gasteiger partial charge in [-0.2, -0.15) is 0 Å². The minimum absolute atomic E-state index is 0.0606. The van der Waals surface area contributed by atoms with Gasteiger partial charge in [-0.3, -0.25) is 9.59 Å². The van der Waals surface area contributed by atoms with E-state index in [-0.39, 0.29) is 17.5 Å². The van der Waals surface area contributed by atoms with Gasteiger partial charge >= 0.3 is 0 Å². The maximum atomic E-state index is 12.6. The first-order valence-electron chi connectivity index (χ1n) is 8.35. The number of furan rings is 1. The molecule has 2 heterocycles. The molecule has 0 spiro atoms. The molecule has 0 bridgehead atoms. The van der Waals surface area contributed by atoms with E-state index in [0.29, 0.717) is 47.3 Å². The Labute approximate surface area is 139 Å². The van der Waals surface area contributed by atoms with Gasteiger partial charge in [0.1, 0.15) is 17.4 Å². The van der Waals surface area contributed by atoms with Crippen LogP contribution in [0.1, 0.15) is 75.4 Å². The molecule has 1 N–H and O–H groups in total. The van der Waals surface area contributed by atoms with Crippen molar-refractivity contribution in [2.75, 3.05) is 5.32 Å². The van der Waals surface area contributed by atoms with Crippen molar-refractivity contribution in [1.82, 2.24) is 9.97 Å². The van der Waals surface area contributed by atoms with Crippen molar-refractivity contribution in [3.63, 3.8) is 0 Å². The number of aromatic nitrogens is 2. The number of rotatable bonds is 3. The van der Waals surface area contributed by atoms with E-state index in [1.54, 1.807) is 6.92 Å². The molecule has 1 fully saturated rings. The average molecular weight is 325 g/mol. The summed E-state index contributed by atoms with van der Waals surface area (Å²) in [7, 11) is 0. The van der Waals surface area contributed by atoms with Crippen molar-refractivity contribution in [2.45, 2.75) is 51.9 Å². The van der Waals surface area contributed by atoms with Crippen LogP contribution < -0.4 is 5.32 Å². The van der Waals surface area contributed by atoms with E-state index in [1.165, 1.54) is 0 Å². The molecular weight excluding hydrogens is 306 g/mol. The Kier molecular flexibility index (Phi) is 3.48. The van der Waals surface area contributed by atoms with Crippen LogP contribution in [0.3, 0.4) is 0 Å². The molecule has 1 amide bonds. The van der Waals surface area contributed by atoms with Crippen LogP contribution in [0.25, 0.3) is 0 Å². The molecule has 0 radical (unpaired) electrons. The third-order valence-corrected chi connectivity index (χ3v) is 4.61. The van der Waals surface area contributed by atoms with Crippen LogP contribution >= 0.6 is 0 Å². The van der Waals surface area contributed by atoms with E-state index in [0.717, 1.165) is 25.0 Å². The van der Waals surface area contributed by atoms with E-state index in [2.05, 4.69) is 15.3 Å². The first kappa shape index (κ1) is 15.1. The molecule has 1 saturated carbocycles. The highest BCUT2D eigenvalue weighted by molar-refractivity contribution is 6.07. The molecule has 24 heavy (non-hydrogen) atoms. The summed E-state index contributed by atoms with van der Waals surface area (Å²) in [5.74, 6) is 2.14. The minimum atomic E-state index is -0.366. The van der Waals surface area contributed by atoms with Crippen molar-refractivity contribution >= 4 is 17.5 Å². The van der Waals surface area contributed by atoms with Crippen LogP contribution in [0.2, 0.25) is 0 Å². The van der Waals surface area contributed by atoms with Gasteiger partial charge in [0.2, 0.25) is 0 Å². The van der Waals surface area contributed by atoms with Gasteiger partial charge in [-0.15, -0.1) is 0 Å². The maximum absolute atomic E-state index is 12.6. The van der Waals surface area contributed by atoms with Gasteiger partial charge < -0.3 is 9.73 Å². The van der Waals surface area contributed by atoms with E-state index in [4.69, 9.17) is 4.42 Å². The fourth-order valence-electron chi connectivity index (χ4n) is 3.28. The van der Waals surface area contributed by atoms with Crippen molar-refractivity contribution in [2.24, 2.45) is 0 Å². The van der Waals surface area contributed by atoms with Crippen LogP contribution in [0.15, 0.2) is 10.5 Å². The van der Waals surface area contributed by atoms with Crippen molar-refractivity contribution in [3.05, 3.63) is 40.2 Å². The maximum Gasteiger partial charge on any atom is 0.292 e. The Bertz CT molecular complexity index is 849. The Morgan fingerprint density at radius 3 is 2.75 bits per heavy atom. The first-order valence-corrected chi connectivity index (χ1v) is 8.35. The molecule has 6 nitrogen and oxygen atoms in total. The molecule has 0 aliphatic heterocycles. The number of nitrogens with one attached hydrogen (secondary N) is 1. The van der Waals surface area contributed by atoms with Crippen LogP contribution in [0, 0.1) is 13.8 Å². The van der Waals surface area contributed by atoms with Gasteiger partial charge in [0.05, 0.1) is 5.56 Å². The number of hydrogen-bond donors (Lipinski definition) is 1. The van der Waals surface area contributed by atoms with Gasteiger partial charge in [0.25, 0.3) is 5.91 Å². The summed E-state index contributed by atoms with van der Waals surface area (Å²) in [6, 6.07) is 1.83. The molecule has 2 aromatic heterocycles. The van der Waals surface area contributed by atoms with Gasteiger partial charge in [0, 0.05) is 36.1 Å². The normalized spacial score (nSPS) is 16.8. The molecule has 6 heteroatoms. The van der Waals surface area contributed by atoms with Crippen LogP contribution in [-0.4, -0.2) is 21.7 Å². The number of hydrogen-bond acceptors (Lipinski definition) is 5. The summed E-state index contributed by atoms with van der Waals surface area (Å²) >= 11 is 0. The number of anilines is 1. The van der Waals surface area contributed by atoms with Crippen molar-refractivity contribution < 1.29 is 14.0 Å². The van der Waals surface area contributed by atoms with Gasteiger partial charge in [-0.25, -0.2) is 9.97 Å². The Balaban J connectivity index is 1.62. The SMILES string of the molecule is Cc1nc(NC(=O)c2oc3c(c2C)C(=O)CCC3)cc(C2CC2)n1. The molecular formula is C18H19N3O3. The number of aryl methyl sites for hydroxylation is 2.